The van der Waals surface area contributed by atoms with Crippen LogP contribution in [0, 0.1) is 20.8 Å². The van der Waals surface area contributed by atoms with Gasteiger partial charge in [0.25, 0.3) is 0 Å². The Bertz CT molecular complexity index is 725. The zero-order valence-corrected chi connectivity index (χ0v) is 15.3. The van der Waals surface area contributed by atoms with E-state index < -0.39 is 9.84 Å². The summed E-state index contributed by atoms with van der Waals surface area (Å²) in [6.07, 6.45) is 0.814. The Labute approximate surface area is 138 Å². The van der Waals surface area contributed by atoms with E-state index in [2.05, 4.69) is 0 Å². The average Bonchev–Trinajstić information content (AvgIpc) is 2.84. The minimum atomic E-state index is -2.99. The van der Waals surface area contributed by atoms with Crippen LogP contribution in [0.4, 0.5) is 0 Å². The van der Waals surface area contributed by atoms with Crippen LogP contribution in [0.1, 0.15) is 28.7 Å². The standard InChI is InChI=1S/C17H25NO4S/c1-11-8-14(12(2)13(3)17(11)22-5)9-16(19)18(4)15-6-7-23(20,21)10-15/h8,15H,6-7,9-10H2,1-5H3. The highest BCUT2D eigenvalue weighted by Gasteiger charge is 2.32. The van der Waals surface area contributed by atoms with E-state index in [9.17, 15) is 13.2 Å². The second-order valence-corrected chi connectivity index (χ2v) is 8.60. The Hall–Kier alpha value is -1.56. The number of hydrogen-bond acceptors (Lipinski definition) is 4. The van der Waals surface area contributed by atoms with Crippen LogP contribution in [0.25, 0.3) is 0 Å². The van der Waals surface area contributed by atoms with Crippen LogP contribution in [0.2, 0.25) is 0 Å². The molecule has 23 heavy (non-hydrogen) atoms. The molecule has 1 amide bonds. The summed E-state index contributed by atoms with van der Waals surface area (Å²) in [5, 5.41) is 0. The summed E-state index contributed by atoms with van der Waals surface area (Å²) in [5.74, 6) is 1.07. The number of methoxy groups -OCH3 is 1. The Morgan fingerprint density at radius 2 is 1.96 bits per heavy atom. The third kappa shape index (κ3) is 3.68. The Kier molecular flexibility index (Phi) is 5.04. The van der Waals surface area contributed by atoms with Gasteiger partial charge >= 0.3 is 0 Å². The molecule has 2 rings (SSSR count). The molecular weight excluding hydrogens is 314 g/mol. The van der Waals surface area contributed by atoms with E-state index in [1.165, 1.54) is 0 Å². The van der Waals surface area contributed by atoms with Gasteiger partial charge in [-0.25, -0.2) is 8.42 Å². The maximum absolute atomic E-state index is 12.5. The Morgan fingerprint density at radius 3 is 2.48 bits per heavy atom. The molecular formula is C17H25NO4S. The fourth-order valence-corrected chi connectivity index (χ4v) is 4.99. The van der Waals surface area contributed by atoms with Crippen molar-refractivity contribution in [3.63, 3.8) is 0 Å². The van der Waals surface area contributed by atoms with Gasteiger partial charge in [-0.1, -0.05) is 6.07 Å². The first-order valence-electron chi connectivity index (χ1n) is 7.76. The summed E-state index contributed by atoms with van der Waals surface area (Å²) in [7, 11) is 0.360. The molecule has 0 saturated carbocycles. The lowest BCUT2D eigenvalue weighted by Crippen LogP contribution is -2.38. The van der Waals surface area contributed by atoms with Crippen LogP contribution in [0.3, 0.4) is 0 Å². The number of hydrogen-bond donors (Lipinski definition) is 0. The average molecular weight is 339 g/mol. The highest BCUT2D eigenvalue weighted by Crippen LogP contribution is 2.29. The number of benzene rings is 1. The number of carbonyl (C=O) groups is 1. The molecule has 5 nitrogen and oxygen atoms in total. The Morgan fingerprint density at radius 1 is 1.30 bits per heavy atom. The summed E-state index contributed by atoms with van der Waals surface area (Å²) >= 11 is 0. The lowest BCUT2D eigenvalue weighted by atomic mass is 9.96. The first-order chi connectivity index (χ1) is 10.7. The minimum absolute atomic E-state index is 0.0424. The fourth-order valence-electron chi connectivity index (χ4n) is 3.21. The highest BCUT2D eigenvalue weighted by molar-refractivity contribution is 7.91. The predicted octanol–water partition coefficient (Wildman–Crippen LogP) is 1.81. The molecule has 1 aliphatic heterocycles. The van der Waals surface area contributed by atoms with Crippen molar-refractivity contribution in [1.82, 2.24) is 4.90 Å². The quantitative estimate of drug-likeness (QED) is 0.839. The van der Waals surface area contributed by atoms with E-state index in [0.717, 1.165) is 28.0 Å². The van der Waals surface area contributed by atoms with Crippen molar-refractivity contribution in [2.75, 3.05) is 25.7 Å². The van der Waals surface area contributed by atoms with Gasteiger partial charge in [-0.3, -0.25) is 4.79 Å². The molecule has 1 unspecified atom stereocenters. The van der Waals surface area contributed by atoms with Crippen molar-refractivity contribution in [1.29, 1.82) is 0 Å². The summed E-state index contributed by atoms with van der Waals surface area (Å²) in [4.78, 5) is 14.1. The molecule has 1 heterocycles. The molecule has 0 spiro atoms. The summed E-state index contributed by atoms with van der Waals surface area (Å²) in [5.41, 5.74) is 4.07. The summed E-state index contributed by atoms with van der Waals surface area (Å²) < 4.78 is 28.6. The van der Waals surface area contributed by atoms with E-state index in [1.807, 2.05) is 26.8 Å². The maximum atomic E-state index is 12.5. The van der Waals surface area contributed by atoms with Gasteiger partial charge in [-0.05, 0) is 49.4 Å². The van der Waals surface area contributed by atoms with Crippen LogP contribution < -0.4 is 4.74 Å². The number of sulfone groups is 1. The van der Waals surface area contributed by atoms with E-state index >= 15 is 0 Å². The number of nitrogens with zero attached hydrogens (tertiary/aromatic N) is 1. The van der Waals surface area contributed by atoms with Crippen LogP contribution in [0.15, 0.2) is 6.07 Å². The smallest absolute Gasteiger partial charge is 0.227 e. The number of likely N-dealkylation sites (N-methyl/N-ethyl adjacent to an activating group) is 1. The molecule has 0 N–H and O–H groups in total. The van der Waals surface area contributed by atoms with Crippen molar-refractivity contribution in [2.24, 2.45) is 0 Å². The Balaban J connectivity index is 2.18. The van der Waals surface area contributed by atoms with Gasteiger partial charge < -0.3 is 9.64 Å². The predicted molar refractivity (Wildman–Crippen MR) is 90.7 cm³/mol. The van der Waals surface area contributed by atoms with Gasteiger partial charge in [0, 0.05) is 13.1 Å². The molecule has 1 aromatic carbocycles. The first-order valence-corrected chi connectivity index (χ1v) is 9.58. The number of carbonyl (C=O) groups excluding carboxylic acids is 1. The lowest BCUT2D eigenvalue weighted by Gasteiger charge is -2.24. The fraction of sp³-hybridized carbons (Fsp3) is 0.588. The van der Waals surface area contributed by atoms with Crippen molar-refractivity contribution in [3.8, 4) is 5.75 Å². The second-order valence-electron chi connectivity index (χ2n) is 6.37. The van der Waals surface area contributed by atoms with Crippen molar-refractivity contribution in [3.05, 3.63) is 28.3 Å². The number of amides is 1. The van der Waals surface area contributed by atoms with Crippen LogP contribution in [-0.4, -0.2) is 50.9 Å². The van der Waals surface area contributed by atoms with Crippen molar-refractivity contribution in [2.45, 2.75) is 39.7 Å². The van der Waals surface area contributed by atoms with Gasteiger partial charge in [0.1, 0.15) is 5.75 Å². The highest BCUT2D eigenvalue weighted by atomic mass is 32.2. The van der Waals surface area contributed by atoms with E-state index in [4.69, 9.17) is 4.74 Å². The van der Waals surface area contributed by atoms with Crippen LogP contribution in [0.5, 0.6) is 5.75 Å². The van der Waals surface area contributed by atoms with Gasteiger partial charge in [-0.2, -0.15) is 0 Å². The van der Waals surface area contributed by atoms with E-state index in [0.29, 0.717) is 6.42 Å². The van der Waals surface area contributed by atoms with Crippen LogP contribution >= 0.6 is 0 Å². The van der Waals surface area contributed by atoms with E-state index in [-0.39, 0.29) is 29.9 Å². The molecule has 1 saturated heterocycles. The SMILES string of the molecule is COc1c(C)cc(CC(=O)N(C)C2CCS(=O)(=O)C2)c(C)c1C. The molecule has 1 aromatic rings. The second kappa shape index (κ2) is 6.51. The number of ether oxygens (including phenoxy) is 1. The molecule has 128 valence electrons. The third-order valence-corrected chi connectivity index (χ3v) is 6.58. The minimum Gasteiger partial charge on any atom is -0.496 e. The number of aryl methyl sites for hydroxylation is 1. The summed E-state index contributed by atoms with van der Waals surface area (Å²) in [6.45, 7) is 5.94. The van der Waals surface area contributed by atoms with Gasteiger partial charge in [0.05, 0.1) is 25.0 Å². The number of rotatable bonds is 4. The maximum Gasteiger partial charge on any atom is 0.227 e. The van der Waals surface area contributed by atoms with Crippen molar-refractivity contribution >= 4 is 15.7 Å². The monoisotopic (exact) mass is 339 g/mol. The topological polar surface area (TPSA) is 63.7 Å². The van der Waals surface area contributed by atoms with Gasteiger partial charge in [0.15, 0.2) is 9.84 Å². The molecule has 1 atom stereocenters. The normalized spacial score (nSPS) is 19.6. The van der Waals surface area contributed by atoms with Gasteiger partial charge in [0.2, 0.25) is 5.91 Å². The third-order valence-electron chi connectivity index (χ3n) is 4.83. The lowest BCUT2D eigenvalue weighted by molar-refractivity contribution is -0.130. The molecule has 1 aliphatic rings. The van der Waals surface area contributed by atoms with Crippen molar-refractivity contribution < 1.29 is 17.9 Å². The zero-order valence-electron chi connectivity index (χ0n) is 14.5. The van der Waals surface area contributed by atoms with Crippen LogP contribution in [-0.2, 0) is 21.1 Å². The molecule has 0 radical (unpaired) electrons. The summed E-state index contributed by atoms with van der Waals surface area (Å²) in [6, 6.07) is 1.78. The van der Waals surface area contributed by atoms with Gasteiger partial charge in [-0.15, -0.1) is 0 Å². The van der Waals surface area contributed by atoms with E-state index in [1.54, 1.807) is 19.1 Å². The molecule has 0 bridgehead atoms. The molecule has 0 aliphatic carbocycles. The molecule has 0 aromatic heterocycles. The molecule has 1 fully saturated rings. The zero-order chi connectivity index (χ0) is 17.4. The largest absolute Gasteiger partial charge is 0.496 e. The molecule has 6 heteroatoms. The first kappa shape index (κ1) is 17.8.